The number of carbonyl (C=O) groups excluding carboxylic acids is 1. The minimum absolute atomic E-state index is 0.0948. The molecule has 1 atom stereocenters. The average Bonchev–Trinajstić information content (AvgIpc) is 2.87. The van der Waals surface area contributed by atoms with E-state index in [-0.39, 0.29) is 11.9 Å². The van der Waals surface area contributed by atoms with Crippen LogP contribution in [0.2, 0.25) is 0 Å². The van der Waals surface area contributed by atoms with Gasteiger partial charge in [0.25, 0.3) is 5.91 Å². The summed E-state index contributed by atoms with van der Waals surface area (Å²) in [6.07, 6.45) is 2.34. The lowest BCUT2D eigenvalue weighted by molar-refractivity contribution is 0.0938. The second kappa shape index (κ2) is 5.71. The highest BCUT2D eigenvalue weighted by Gasteiger charge is 2.15. The van der Waals surface area contributed by atoms with Gasteiger partial charge >= 0.3 is 0 Å². The van der Waals surface area contributed by atoms with Gasteiger partial charge in [0.2, 0.25) is 0 Å². The third-order valence-corrected chi connectivity index (χ3v) is 4.18. The van der Waals surface area contributed by atoms with Gasteiger partial charge in [-0.1, -0.05) is 0 Å². The van der Waals surface area contributed by atoms with E-state index >= 15 is 0 Å². The Morgan fingerprint density at radius 1 is 1.50 bits per heavy atom. The molecule has 0 saturated heterocycles. The number of amides is 1. The Balaban J connectivity index is 1.93. The highest BCUT2D eigenvalue weighted by Crippen LogP contribution is 2.19. The Morgan fingerprint density at radius 3 is 2.83 bits per heavy atom. The maximum absolute atomic E-state index is 11.9. The number of carbonyl (C=O) groups is 1. The number of aryl methyl sites for hydroxylation is 1. The van der Waals surface area contributed by atoms with E-state index in [0.29, 0.717) is 10.2 Å². The zero-order valence-electron chi connectivity index (χ0n) is 10.2. The van der Waals surface area contributed by atoms with Crippen LogP contribution in [0, 0.1) is 6.92 Å². The summed E-state index contributed by atoms with van der Waals surface area (Å²) in [4.78, 5) is 14.5. The van der Waals surface area contributed by atoms with Gasteiger partial charge in [-0.15, -0.1) is 11.3 Å². The fourth-order valence-corrected chi connectivity index (χ4v) is 3.14. The van der Waals surface area contributed by atoms with Crippen molar-refractivity contribution in [2.75, 3.05) is 0 Å². The number of nitrogens with one attached hydrogen (secondary N) is 1. The molecular formula is C13H14BrNO2S. The molecule has 0 fully saturated rings. The third-order valence-electron chi connectivity index (χ3n) is 2.54. The summed E-state index contributed by atoms with van der Waals surface area (Å²) in [6, 6.07) is 5.95. The molecule has 1 unspecified atom stereocenters. The van der Waals surface area contributed by atoms with Crippen LogP contribution in [-0.2, 0) is 6.42 Å². The van der Waals surface area contributed by atoms with Crippen molar-refractivity contribution in [3.05, 3.63) is 44.4 Å². The van der Waals surface area contributed by atoms with Gasteiger partial charge in [0.15, 0.2) is 4.67 Å². The van der Waals surface area contributed by atoms with Crippen molar-refractivity contribution in [3.8, 4) is 0 Å². The molecule has 2 heterocycles. The van der Waals surface area contributed by atoms with E-state index in [0.717, 1.165) is 6.42 Å². The molecule has 0 spiro atoms. The van der Waals surface area contributed by atoms with Crippen LogP contribution in [0.15, 0.2) is 33.5 Å². The summed E-state index contributed by atoms with van der Waals surface area (Å²) in [7, 11) is 0. The number of rotatable bonds is 4. The maximum atomic E-state index is 11.9. The minimum Gasteiger partial charge on any atom is -0.457 e. The molecule has 18 heavy (non-hydrogen) atoms. The molecule has 3 nitrogen and oxygen atoms in total. The average molecular weight is 328 g/mol. The van der Waals surface area contributed by atoms with Crippen molar-refractivity contribution in [1.82, 2.24) is 5.32 Å². The van der Waals surface area contributed by atoms with E-state index in [2.05, 4.69) is 40.3 Å². The highest BCUT2D eigenvalue weighted by atomic mass is 79.9. The van der Waals surface area contributed by atoms with Gasteiger partial charge in [-0.2, -0.15) is 0 Å². The number of hydrogen-bond donors (Lipinski definition) is 1. The second-order valence-corrected chi connectivity index (χ2v) is 6.29. The first kappa shape index (κ1) is 13.4. The lowest BCUT2D eigenvalue weighted by Crippen LogP contribution is -2.33. The fourth-order valence-electron chi connectivity index (χ4n) is 1.70. The number of hydrogen-bond acceptors (Lipinski definition) is 3. The molecule has 0 aromatic carbocycles. The minimum atomic E-state index is -0.114. The molecule has 96 valence electrons. The Kier molecular flexibility index (Phi) is 4.24. The molecule has 0 aliphatic rings. The molecule has 2 aromatic heterocycles. The monoisotopic (exact) mass is 327 g/mol. The van der Waals surface area contributed by atoms with Gasteiger partial charge in [0.1, 0.15) is 0 Å². The van der Waals surface area contributed by atoms with Crippen molar-refractivity contribution in [2.45, 2.75) is 26.3 Å². The van der Waals surface area contributed by atoms with Gasteiger partial charge < -0.3 is 9.73 Å². The molecule has 0 radical (unpaired) electrons. The van der Waals surface area contributed by atoms with Crippen LogP contribution < -0.4 is 5.32 Å². The molecule has 1 amide bonds. The zero-order chi connectivity index (χ0) is 13.1. The van der Waals surface area contributed by atoms with Crippen molar-refractivity contribution in [1.29, 1.82) is 0 Å². The normalized spacial score (nSPS) is 12.4. The van der Waals surface area contributed by atoms with Crippen molar-refractivity contribution < 1.29 is 9.21 Å². The van der Waals surface area contributed by atoms with Crippen molar-refractivity contribution >= 4 is 33.2 Å². The Hall–Kier alpha value is -1.07. The van der Waals surface area contributed by atoms with Gasteiger partial charge in [-0.25, -0.2) is 0 Å². The van der Waals surface area contributed by atoms with Crippen LogP contribution >= 0.6 is 27.3 Å². The first-order chi connectivity index (χ1) is 8.56. The van der Waals surface area contributed by atoms with E-state index in [1.807, 2.05) is 6.92 Å². The Morgan fingerprint density at radius 2 is 2.28 bits per heavy atom. The van der Waals surface area contributed by atoms with Gasteiger partial charge in [0, 0.05) is 22.2 Å². The summed E-state index contributed by atoms with van der Waals surface area (Å²) in [6.45, 7) is 4.08. The second-order valence-electron chi connectivity index (χ2n) is 4.20. The smallest absolute Gasteiger partial charge is 0.255 e. The molecule has 2 rings (SSSR count). The first-order valence-corrected chi connectivity index (χ1v) is 7.26. The topological polar surface area (TPSA) is 42.2 Å². The number of thiophene rings is 1. The zero-order valence-corrected chi connectivity index (χ0v) is 12.6. The Bertz CT molecular complexity index is 547. The first-order valence-electron chi connectivity index (χ1n) is 5.65. The molecule has 0 bridgehead atoms. The molecule has 1 N–H and O–H groups in total. The van der Waals surface area contributed by atoms with Crippen LogP contribution in [0.4, 0.5) is 0 Å². The van der Waals surface area contributed by atoms with Gasteiger partial charge in [-0.3, -0.25) is 4.79 Å². The lowest BCUT2D eigenvalue weighted by Gasteiger charge is -2.12. The maximum Gasteiger partial charge on any atom is 0.255 e. The van der Waals surface area contributed by atoms with Gasteiger partial charge in [0.05, 0.1) is 11.8 Å². The standard InChI is InChI=1S/C13H14BrNO2S/c1-8(7-10-4-3-9(2)18-10)15-13(16)11-5-6-17-12(11)14/h3-6,8H,7H2,1-2H3,(H,15,16). The van der Waals surface area contributed by atoms with E-state index < -0.39 is 0 Å². The van der Waals surface area contributed by atoms with Crippen LogP contribution in [0.3, 0.4) is 0 Å². The van der Waals surface area contributed by atoms with E-state index in [1.165, 1.54) is 16.0 Å². The van der Waals surface area contributed by atoms with E-state index in [4.69, 9.17) is 4.42 Å². The summed E-state index contributed by atoms with van der Waals surface area (Å²) in [5.41, 5.74) is 0.532. The van der Waals surface area contributed by atoms with Gasteiger partial charge in [-0.05, 0) is 48.0 Å². The number of halogens is 1. The predicted octanol–water partition coefficient (Wildman–Crippen LogP) is 3.77. The summed E-state index contributed by atoms with van der Waals surface area (Å²) in [5, 5.41) is 2.96. The molecule has 2 aromatic rings. The van der Waals surface area contributed by atoms with Crippen LogP contribution in [0.5, 0.6) is 0 Å². The van der Waals surface area contributed by atoms with Crippen molar-refractivity contribution in [2.24, 2.45) is 0 Å². The Labute approximate surface area is 118 Å². The molecule has 0 aliphatic carbocycles. The summed E-state index contributed by atoms with van der Waals surface area (Å²) >= 11 is 4.97. The third kappa shape index (κ3) is 3.23. The molecule has 0 aliphatic heterocycles. The fraction of sp³-hybridized carbons (Fsp3) is 0.308. The van der Waals surface area contributed by atoms with Crippen LogP contribution in [-0.4, -0.2) is 11.9 Å². The highest BCUT2D eigenvalue weighted by molar-refractivity contribution is 9.10. The quantitative estimate of drug-likeness (QED) is 0.928. The summed E-state index contributed by atoms with van der Waals surface area (Å²) in [5.74, 6) is -0.114. The largest absolute Gasteiger partial charge is 0.457 e. The van der Waals surface area contributed by atoms with Crippen molar-refractivity contribution in [3.63, 3.8) is 0 Å². The molecular weight excluding hydrogens is 314 g/mol. The molecule has 5 heteroatoms. The van der Waals surface area contributed by atoms with Crippen LogP contribution in [0.25, 0.3) is 0 Å². The van der Waals surface area contributed by atoms with E-state index in [1.54, 1.807) is 17.4 Å². The van der Waals surface area contributed by atoms with Crippen LogP contribution in [0.1, 0.15) is 27.0 Å². The predicted molar refractivity (Wildman–Crippen MR) is 76.1 cm³/mol. The lowest BCUT2D eigenvalue weighted by atomic mass is 10.2. The van der Waals surface area contributed by atoms with E-state index in [9.17, 15) is 4.79 Å². The SMILES string of the molecule is Cc1ccc(CC(C)NC(=O)c2ccoc2Br)s1. The number of furan rings is 1. The summed E-state index contributed by atoms with van der Waals surface area (Å²) < 4.78 is 5.52. The molecule has 0 saturated carbocycles.